The predicted molar refractivity (Wildman–Crippen MR) is 42.3 cm³/mol. The zero-order valence-corrected chi connectivity index (χ0v) is 7.58. The van der Waals surface area contributed by atoms with E-state index in [2.05, 4.69) is 15.9 Å². The van der Waals surface area contributed by atoms with Gasteiger partial charge in [0.15, 0.2) is 0 Å². The standard InChI is InChI=1S/C8H9BrO2/c9-6-3-1-4-5(2-3)8(10)11-7(4)6/h3-7H,1-2H2/t3-,4+,5-,6+,7-/m0/s1. The molecule has 1 saturated heterocycles. The first-order chi connectivity index (χ1) is 5.27. The maximum atomic E-state index is 11.2. The van der Waals surface area contributed by atoms with Crippen molar-refractivity contribution in [2.24, 2.45) is 17.8 Å². The van der Waals surface area contributed by atoms with Gasteiger partial charge in [-0.2, -0.15) is 0 Å². The Balaban J connectivity index is 2.04. The van der Waals surface area contributed by atoms with Gasteiger partial charge in [-0.05, 0) is 18.8 Å². The first-order valence-corrected chi connectivity index (χ1v) is 5.03. The molecule has 2 aliphatic carbocycles. The van der Waals surface area contributed by atoms with Gasteiger partial charge >= 0.3 is 5.97 Å². The van der Waals surface area contributed by atoms with E-state index in [1.54, 1.807) is 0 Å². The number of alkyl halides is 1. The minimum atomic E-state index is 0.0597. The maximum Gasteiger partial charge on any atom is 0.309 e. The number of rotatable bonds is 0. The largest absolute Gasteiger partial charge is 0.461 e. The van der Waals surface area contributed by atoms with Crippen LogP contribution in [0.15, 0.2) is 0 Å². The number of carbonyl (C=O) groups is 1. The van der Waals surface area contributed by atoms with Crippen LogP contribution < -0.4 is 0 Å². The molecular weight excluding hydrogens is 208 g/mol. The second-order valence-electron chi connectivity index (χ2n) is 3.85. The van der Waals surface area contributed by atoms with Gasteiger partial charge in [0.2, 0.25) is 0 Å². The third-order valence-corrected chi connectivity index (χ3v) is 4.66. The minimum Gasteiger partial charge on any atom is -0.461 e. The third-order valence-electron chi connectivity index (χ3n) is 3.39. The normalized spacial score (nSPS) is 58.6. The second kappa shape index (κ2) is 1.82. The van der Waals surface area contributed by atoms with Gasteiger partial charge in [0.1, 0.15) is 6.10 Å². The number of esters is 1. The topological polar surface area (TPSA) is 26.3 Å². The van der Waals surface area contributed by atoms with Crippen molar-refractivity contribution in [1.82, 2.24) is 0 Å². The highest BCUT2D eigenvalue weighted by Crippen LogP contribution is 2.56. The first kappa shape index (κ1) is 6.46. The molecule has 0 unspecified atom stereocenters. The van der Waals surface area contributed by atoms with Crippen molar-refractivity contribution < 1.29 is 9.53 Å². The lowest BCUT2D eigenvalue weighted by atomic mass is 9.90. The van der Waals surface area contributed by atoms with Crippen molar-refractivity contribution in [3.63, 3.8) is 0 Å². The van der Waals surface area contributed by atoms with Gasteiger partial charge in [0.25, 0.3) is 0 Å². The Morgan fingerprint density at radius 1 is 1.45 bits per heavy atom. The van der Waals surface area contributed by atoms with E-state index in [1.807, 2.05) is 0 Å². The number of hydrogen-bond acceptors (Lipinski definition) is 2. The first-order valence-electron chi connectivity index (χ1n) is 4.12. The zero-order chi connectivity index (χ0) is 7.59. The number of halogens is 1. The Bertz CT molecular complexity index is 228. The van der Waals surface area contributed by atoms with E-state index in [9.17, 15) is 4.79 Å². The average molecular weight is 217 g/mol. The summed E-state index contributed by atoms with van der Waals surface area (Å²) in [5, 5.41) is 0. The molecule has 1 heterocycles. The molecular formula is C8H9BrO2. The summed E-state index contributed by atoms with van der Waals surface area (Å²) in [4.78, 5) is 11.6. The van der Waals surface area contributed by atoms with Crippen molar-refractivity contribution in [3.8, 4) is 0 Å². The predicted octanol–water partition coefficient (Wildman–Crippen LogP) is 1.33. The van der Waals surface area contributed by atoms with E-state index in [-0.39, 0.29) is 18.0 Å². The van der Waals surface area contributed by atoms with Crippen LogP contribution in [-0.4, -0.2) is 16.9 Å². The molecule has 3 aliphatic rings. The van der Waals surface area contributed by atoms with Crippen LogP contribution >= 0.6 is 15.9 Å². The van der Waals surface area contributed by atoms with Gasteiger partial charge in [0.05, 0.1) is 10.7 Å². The fraction of sp³-hybridized carbons (Fsp3) is 0.875. The van der Waals surface area contributed by atoms with E-state index in [0.29, 0.717) is 16.7 Å². The molecule has 0 aromatic heterocycles. The van der Waals surface area contributed by atoms with Crippen molar-refractivity contribution >= 4 is 21.9 Å². The highest BCUT2D eigenvalue weighted by atomic mass is 79.9. The van der Waals surface area contributed by atoms with Crippen molar-refractivity contribution in [1.29, 1.82) is 0 Å². The van der Waals surface area contributed by atoms with Gasteiger partial charge in [-0.3, -0.25) is 4.79 Å². The average Bonchev–Trinajstić information content (AvgIpc) is 2.53. The van der Waals surface area contributed by atoms with Gasteiger partial charge in [-0.25, -0.2) is 0 Å². The van der Waals surface area contributed by atoms with Crippen LogP contribution in [0.2, 0.25) is 0 Å². The Kier molecular flexibility index (Phi) is 1.07. The van der Waals surface area contributed by atoms with Crippen LogP contribution in [0.3, 0.4) is 0 Å². The molecule has 0 amide bonds. The van der Waals surface area contributed by atoms with Crippen molar-refractivity contribution in [3.05, 3.63) is 0 Å². The van der Waals surface area contributed by atoms with E-state index < -0.39 is 0 Å². The van der Waals surface area contributed by atoms with Crippen molar-refractivity contribution in [2.45, 2.75) is 23.8 Å². The smallest absolute Gasteiger partial charge is 0.309 e. The number of ether oxygens (including phenoxy) is 1. The Morgan fingerprint density at radius 2 is 2.27 bits per heavy atom. The van der Waals surface area contributed by atoms with Crippen LogP contribution in [0, 0.1) is 17.8 Å². The molecule has 0 spiro atoms. The van der Waals surface area contributed by atoms with Gasteiger partial charge in [-0.1, -0.05) is 15.9 Å². The quantitative estimate of drug-likeness (QED) is 0.452. The molecule has 0 aromatic rings. The van der Waals surface area contributed by atoms with Crippen LogP contribution in [0.25, 0.3) is 0 Å². The maximum absolute atomic E-state index is 11.2. The molecule has 2 bridgehead atoms. The highest BCUT2D eigenvalue weighted by Gasteiger charge is 2.60. The zero-order valence-electron chi connectivity index (χ0n) is 6.00. The number of carbonyl (C=O) groups excluding carboxylic acids is 1. The summed E-state index contributed by atoms with van der Waals surface area (Å²) in [6, 6.07) is 0. The molecule has 0 radical (unpaired) electrons. The fourth-order valence-electron chi connectivity index (χ4n) is 2.88. The number of hydrogen-bond donors (Lipinski definition) is 0. The summed E-state index contributed by atoms with van der Waals surface area (Å²) in [6.07, 6.45) is 2.48. The molecule has 0 aromatic carbocycles. The molecule has 3 rings (SSSR count). The molecule has 60 valence electrons. The summed E-state index contributed by atoms with van der Waals surface area (Å²) < 4.78 is 5.27. The third kappa shape index (κ3) is 0.616. The van der Waals surface area contributed by atoms with Crippen LogP contribution in [0.5, 0.6) is 0 Å². The molecule has 2 saturated carbocycles. The minimum absolute atomic E-state index is 0.0597. The lowest BCUT2D eigenvalue weighted by Crippen LogP contribution is -2.26. The van der Waals surface area contributed by atoms with Crippen molar-refractivity contribution in [2.75, 3.05) is 0 Å². The SMILES string of the molecule is O=C1O[C@@H]2[C@H](Br)[C@H]3C[C@@H]2[C@@H]1C3. The molecule has 1 aliphatic heterocycles. The molecule has 0 N–H and O–H groups in total. The van der Waals surface area contributed by atoms with E-state index in [0.717, 1.165) is 6.42 Å². The summed E-state index contributed by atoms with van der Waals surface area (Å²) in [5.74, 6) is 1.58. The lowest BCUT2D eigenvalue weighted by Gasteiger charge is -2.18. The summed E-state index contributed by atoms with van der Waals surface area (Å²) in [7, 11) is 0. The Labute approximate surface area is 73.4 Å². The van der Waals surface area contributed by atoms with Crippen LogP contribution in [0.1, 0.15) is 12.8 Å². The Hall–Kier alpha value is -0.0500. The van der Waals surface area contributed by atoms with Gasteiger partial charge in [-0.15, -0.1) is 0 Å². The molecule has 3 fully saturated rings. The van der Waals surface area contributed by atoms with E-state index >= 15 is 0 Å². The second-order valence-corrected chi connectivity index (χ2v) is 4.91. The fourth-order valence-corrected chi connectivity index (χ4v) is 3.82. The highest BCUT2D eigenvalue weighted by molar-refractivity contribution is 9.09. The number of fused-ring (bicyclic) bond motifs is 1. The lowest BCUT2D eigenvalue weighted by molar-refractivity contribution is -0.143. The molecule has 2 nitrogen and oxygen atoms in total. The van der Waals surface area contributed by atoms with Crippen LogP contribution in [-0.2, 0) is 9.53 Å². The summed E-state index contributed by atoms with van der Waals surface area (Å²) >= 11 is 3.60. The summed E-state index contributed by atoms with van der Waals surface area (Å²) in [5.41, 5.74) is 0. The van der Waals surface area contributed by atoms with Gasteiger partial charge in [0, 0.05) is 5.92 Å². The monoisotopic (exact) mass is 216 g/mol. The molecule has 5 atom stereocenters. The molecule has 11 heavy (non-hydrogen) atoms. The van der Waals surface area contributed by atoms with Gasteiger partial charge < -0.3 is 4.74 Å². The van der Waals surface area contributed by atoms with Crippen LogP contribution in [0.4, 0.5) is 0 Å². The summed E-state index contributed by atoms with van der Waals surface area (Å²) in [6.45, 7) is 0. The van der Waals surface area contributed by atoms with E-state index in [4.69, 9.17) is 4.74 Å². The Morgan fingerprint density at radius 3 is 2.91 bits per heavy atom. The molecule has 3 heteroatoms. The van der Waals surface area contributed by atoms with E-state index in [1.165, 1.54) is 6.42 Å².